The van der Waals surface area contributed by atoms with Crippen molar-refractivity contribution in [3.05, 3.63) is 59.3 Å². The summed E-state index contributed by atoms with van der Waals surface area (Å²) in [4.78, 5) is 14.7. The van der Waals surface area contributed by atoms with Crippen molar-refractivity contribution in [2.24, 2.45) is 0 Å². The summed E-state index contributed by atoms with van der Waals surface area (Å²) in [6, 6.07) is 12.5. The molecule has 2 rings (SSSR count). The fourth-order valence-corrected chi connectivity index (χ4v) is 4.18. The lowest BCUT2D eigenvalue weighted by atomic mass is 10.1. The molecule has 0 aromatic heterocycles. The van der Waals surface area contributed by atoms with Crippen LogP contribution in [-0.4, -0.2) is 23.9 Å². The molecule has 0 bridgehead atoms. The molecule has 4 heteroatoms. The number of nitriles is 1. The Morgan fingerprint density at radius 2 is 1.69 bits per heavy atom. The molecule has 0 saturated carbocycles. The first kappa shape index (κ1) is 25.7. The lowest BCUT2D eigenvalue weighted by Crippen LogP contribution is -2.25. The van der Waals surface area contributed by atoms with Crippen LogP contribution in [0.25, 0.3) is 0 Å². The van der Waals surface area contributed by atoms with E-state index in [0.29, 0.717) is 6.54 Å². The van der Waals surface area contributed by atoms with Gasteiger partial charge in [-0.05, 0) is 37.0 Å². The number of carbonyl (C=O) groups excluding carboxylic acids is 1. The largest absolute Gasteiger partial charge is 0.370 e. The van der Waals surface area contributed by atoms with Crippen LogP contribution in [0.5, 0.6) is 0 Å². The molecule has 1 saturated heterocycles. The van der Waals surface area contributed by atoms with Gasteiger partial charge >= 0.3 is 0 Å². The zero-order chi connectivity index (χ0) is 22.9. The number of benzene rings is 1. The average molecular weight is 436 g/mol. The van der Waals surface area contributed by atoms with Crippen molar-refractivity contribution in [3.8, 4) is 6.07 Å². The first-order valence-corrected chi connectivity index (χ1v) is 12.6. The summed E-state index contributed by atoms with van der Waals surface area (Å²) >= 11 is 0. The highest BCUT2D eigenvalue weighted by Crippen LogP contribution is 2.23. The zero-order valence-corrected chi connectivity index (χ0v) is 20.0. The number of rotatable bonds is 15. The van der Waals surface area contributed by atoms with Crippen LogP contribution in [-0.2, 0) is 11.3 Å². The summed E-state index contributed by atoms with van der Waals surface area (Å²) in [5.74, 6) is -0.257. The number of carbonyl (C=O) groups is 1. The first-order valence-electron chi connectivity index (χ1n) is 12.6. The molecule has 32 heavy (non-hydrogen) atoms. The Hall–Kier alpha value is -2.54. The van der Waals surface area contributed by atoms with E-state index < -0.39 is 0 Å². The monoisotopic (exact) mass is 435 g/mol. The van der Waals surface area contributed by atoms with Crippen molar-refractivity contribution in [3.63, 3.8) is 0 Å². The molecule has 4 nitrogen and oxygen atoms in total. The van der Waals surface area contributed by atoms with E-state index in [9.17, 15) is 10.1 Å². The molecule has 0 radical (unpaired) electrons. The van der Waals surface area contributed by atoms with Crippen molar-refractivity contribution >= 4 is 5.91 Å². The van der Waals surface area contributed by atoms with Crippen LogP contribution in [0.4, 0.5) is 0 Å². The molecular weight excluding hydrogens is 394 g/mol. The third-order valence-electron chi connectivity index (χ3n) is 6.11. The van der Waals surface area contributed by atoms with Gasteiger partial charge in [-0.1, -0.05) is 95.0 Å². The van der Waals surface area contributed by atoms with Crippen LogP contribution in [0.15, 0.2) is 53.8 Å². The van der Waals surface area contributed by atoms with Gasteiger partial charge in [-0.15, -0.1) is 0 Å². The molecule has 1 aromatic carbocycles. The molecule has 0 aliphatic carbocycles. The minimum Gasteiger partial charge on any atom is -0.370 e. The summed E-state index contributed by atoms with van der Waals surface area (Å²) < 4.78 is 0. The summed E-state index contributed by atoms with van der Waals surface area (Å²) in [5.41, 5.74) is 2.67. The van der Waals surface area contributed by atoms with Gasteiger partial charge in [0.25, 0.3) is 5.91 Å². The quantitative estimate of drug-likeness (QED) is 0.190. The maximum absolute atomic E-state index is 12.4. The Balaban J connectivity index is 1.66. The van der Waals surface area contributed by atoms with Crippen molar-refractivity contribution in [2.45, 2.75) is 90.5 Å². The van der Waals surface area contributed by atoms with Gasteiger partial charge in [-0.2, -0.15) is 5.26 Å². The number of hydrogen-bond acceptors (Lipinski definition) is 3. The molecule has 1 N–H and O–H groups in total. The minimum absolute atomic E-state index is 0.191. The summed E-state index contributed by atoms with van der Waals surface area (Å²) in [6.07, 6.45) is 18.5. The minimum atomic E-state index is -0.257. The van der Waals surface area contributed by atoms with Crippen molar-refractivity contribution in [2.75, 3.05) is 13.1 Å². The Labute approximate surface area is 195 Å². The number of nitrogens with one attached hydrogen (secondary N) is 1. The molecule has 0 atom stereocenters. The van der Waals surface area contributed by atoms with E-state index in [1.165, 1.54) is 62.6 Å². The number of hydrogen-bond donors (Lipinski definition) is 1. The molecular formula is C28H41N3O. The third-order valence-corrected chi connectivity index (χ3v) is 6.11. The summed E-state index contributed by atoms with van der Waals surface area (Å²) in [6.45, 7) is 4.78. The zero-order valence-electron chi connectivity index (χ0n) is 20.0. The number of likely N-dealkylation sites (tertiary alicyclic amines) is 1. The highest BCUT2D eigenvalue weighted by Gasteiger charge is 2.17. The van der Waals surface area contributed by atoms with Crippen LogP contribution in [0.3, 0.4) is 0 Å². The average Bonchev–Trinajstić information content (AvgIpc) is 3.25. The molecule has 1 fully saturated rings. The Morgan fingerprint density at radius 3 is 2.34 bits per heavy atom. The molecule has 174 valence electrons. The van der Waals surface area contributed by atoms with E-state index in [1.807, 2.05) is 12.1 Å². The number of unbranched alkanes of at least 4 members (excludes halogenated alkanes) is 9. The lowest BCUT2D eigenvalue weighted by molar-refractivity contribution is -0.117. The van der Waals surface area contributed by atoms with Crippen molar-refractivity contribution < 1.29 is 4.79 Å². The summed E-state index contributed by atoms with van der Waals surface area (Å²) in [7, 11) is 0. The predicted molar refractivity (Wildman–Crippen MR) is 133 cm³/mol. The van der Waals surface area contributed by atoms with Crippen LogP contribution < -0.4 is 5.32 Å². The second kappa shape index (κ2) is 16.1. The van der Waals surface area contributed by atoms with Crippen LogP contribution in [0, 0.1) is 11.3 Å². The number of amides is 1. The highest BCUT2D eigenvalue weighted by atomic mass is 16.1. The number of allylic oxidation sites excluding steroid dienone is 3. The number of nitrogens with zero attached hydrogens (tertiary/aromatic N) is 2. The Kier molecular flexibility index (Phi) is 13.0. The summed E-state index contributed by atoms with van der Waals surface area (Å²) in [5, 5.41) is 12.3. The van der Waals surface area contributed by atoms with Gasteiger partial charge in [0.15, 0.2) is 0 Å². The van der Waals surface area contributed by atoms with Gasteiger partial charge in [0.05, 0.1) is 0 Å². The molecule has 1 aliphatic heterocycles. The predicted octanol–water partition coefficient (Wildman–Crippen LogP) is 6.65. The molecule has 0 unspecified atom stereocenters. The van der Waals surface area contributed by atoms with E-state index >= 15 is 0 Å². The smallest absolute Gasteiger partial charge is 0.261 e. The SMILES string of the molecule is CCCCCCCCCCCCNC(=O)C(C#N)=CC=C1CCCN1Cc1ccccc1. The van der Waals surface area contributed by atoms with Gasteiger partial charge in [-0.25, -0.2) is 0 Å². The van der Waals surface area contributed by atoms with Crippen LogP contribution in [0.1, 0.15) is 89.5 Å². The van der Waals surface area contributed by atoms with Crippen LogP contribution in [0.2, 0.25) is 0 Å². The van der Waals surface area contributed by atoms with Crippen LogP contribution >= 0.6 is 0 Å². The fourth-order valence-electron chi connectivity index (χ4n) is 4.18. The molecule has 1 aromatic rings. The van der Waals surface area contributed by atoms with E-state index in [-0.39, 0.29) is 11.5 Å². The normalized spacial score (nSPS) is 15.2. The van der Waals surface area contributed by atoms with Crippen molar-refractivity contribution in [1.29, 1.82) is 5.26 Å². The van der Waals surface area contributed by atoms with Gasteiger partial charge < -0.3 is 10.2 Å². The van der Waals surface area contributed by atoms with Gasteiger partial charge in [0.2, 0.25) is 0 Å². The van der Waals surface area contributed by atoms with Gasteiger partial charge in [0, 0.05) is 25.3 Å². The Bertz CT molecular complexity index is 761. The molecule has 0 spiro atoms. The Morgan fingerprint density at radius 1 is 1.03 bits per heavy atom. The lowest BCUT2D eigenvalue weighted by Gasteiger charge is -2.19. The third kappa shape index (κ3) is 10.2. The second-order valence-corrected chi connectivity index (χ2v) is 8.80. The van der Waals surface area contributed by atoms with E-state index in [1.54, 1.807) is 6.08 Å². The maximum atomic E-state index is 12.4. The van der Waals surface area contributed by atoms with Gasteiger partial charge in [-0.3, -0.25) is 4.79 Å². The van der Waals surface area contributed by atoms with Crippen molar-refractivity contribution in [1.82, 2.24) is 10.2 Å². The van der Waals surface area contributed by atoms with E-state index in [2.05, 4.69) is 47.5 Å². The topological polar surface area (TPSA) is 56.1 Å². The standard InChI is InChI=1S/C28H41N3O/c1-2-3-4-5-6-7-8-9-10-14-21-30-28(32)26(23-29)19-20-27-18-15-22-31(27)24-25-16-12-11-13-17-25/h11-13,16-17,19-20H,2-10,14-15,18,21-22,24H2,1H3,(H,30,32). The first-order chi connectivity index (χ1) is 15.7. The molecule has 1 heterocycles. The second-order valence-electron chi connectivity index (χ2n) is 8.80. The highest BCUT2D eigenvalue weighted by molar-refractivity contribution is 5.97. The van der Waals surface area contributed by atoms with E-state index in [4.69, 9.17) is 0 Å². The maximum Gasteiger partial charge on any atom is 0.261 e. The van der Waals surface area contributed by atoms with E-state index in [0.717, 1.165) is 38.8 Å². The molecule has 1 aliphatic rings. The van der Waals surface area contributed by atoms with Gasteiger partial charge in [0.1, 0.15) is 11.6 Å². The fraction of sp³-hybridized carbons (Fsp3) is 0.571. The molecule has 1 amide bonds.